The molecule has 3 N–H and O–H groups in total. The zero-order valence-electron chi connectivity index (χ0n) is 27.3. The minimum Gasteiger partial charge on any atom is -0.395 e. The van der Waals surface area contributed by atoms with Gasteiger partial charge in [-0.05, 0) is 78.3 Å². The van der Waals surface area contributed by atoms with Crippen molar-refractivity contribution in [3.8, 4) is 0 Å². The lowest BCUT2D eigenvalue weighted by Crippen LogP contribution is -2.30. The minimum atomic E-state index is -0.109. The van der Waals surface area contributed by atoms with E-state index in [0.717, 1.165) is 53.8 Å². The molecule has 10 nitrogen and oxygen atoms in total. The predicted molar refractivity (Wildman–Crippen MR) is 184 cm³/mol. The van der Waals surface area contributed by atoms with E-state index in [1.165, 1.54) is 43.8 Å². The molecule has 3 aromatic rings. The maximum Gasteiger partial charge on any atom is 0.261 e. The number of thiophene rings is 3. The number of amides is 2. The van der Waals surface area contributed by atoms with Crippen LogP contribution in [0.1, 0.15) is 43.6 Å². The highest BCUT2D eigenvalue weighted by molar-refractivity contribution is 7.14. The molecule has 0 aliphatic rings. The number of aliphatic hydroxyl groups is 1. The monoisotopic (exact) mass is 670 g/mol. The summed E-state index contributed by atoms with van der Waals surface area (Å²) in [5.74, 6) is -0.0768. The molecule has 0 aliphatic carbocycles. The summed E-state index contributed by atoms with van der Waals surface area (Å²) in [6.07, 6.45) is 0.873. The zero-order chi connectivity index (χ0) is 33.3. The van der Waals surface area contributed by atoms with Gasteiger partial charge in [0, 0.05) is 61.6 Å². The number of aldehydes is 1. The van der Waals surface area contributed by atoms with Gasteiger partial charge in [-0.2, -0.15) is 0 Å². The van der Waals surface area contributed by atoms with Crippen molar-refractivity contribution in [3.63, 3.8) is 0 Å². The van der Waals surface area contributed by atoms with Crippen molar-refractivity contribution in [2.75, 3.05) is 87.9 Å². The summed E-state index contributed by atoms with van der Waals surface area (Å²) in [6.45, 7) is 11.3. The lowest BCUT2D eigenvalue weighted by atomic mass is 10.4. The molecule has 0 aromatic carbocycles. The Bertz CT molecular complexity index is 1170. The number of carbonyl (C=O) groups is 3. The molecule has 0 saturated carbocycles. The van der Waals surface area contributed by atoms with Gasteiger partial charge < -0.3 is 35.0 Å². The predicted octanol–water partition coefficient (Wildman–Crippen LogP) is 4.21. The van der Waals surface area contributed by atoms with E-state index in [1.807, 2.05) is 70.1 Å². The van der Waals surface area contributed by atoms with Crippen molar-refractivity contribution in [1.29, 1.82) is 0 Å². The quantitative estimate of drug-likeness (QED) is 0.218. The van der Waals surface area contributed by atoms with E-state index < -0.39 is 0 Å². The molecular weight excluding hydrogens is 621 g/mol. The van der Waals surface area contributed by atoms with Crippen molar-refractivity contribution >= 4 is 52.1 Å². The van der Waals surface area contributed by atoms with Crippen molar-refractivity contribution in [1.82, 2.24) is 20.4 Å². The second-order valence-corrected chi connectivity index (χ2v) is 13.6. The Hall–Kier alpha value is -2.49. The Morgan fingerprint density at radius 2 is 1.20 bits per heavy atom. The molecule has 0 fully saturated rings. The van der Waals surface area contributed by atoms with Gasteiger partial charge in [0.2, 0.25) is 0 Å². The summed E-state index contributed by atoms with van der Waals surface area (Å²) in [4.78, 5) is 42.7. The highest BCUT2D eigenvalue weighted by Gasteiger charge is 2.07. The summed E-state index contributed by atoms with van der Waals surface area (Å²) in [7, 11) is 9.45. The van der Waals surface area contributed by atoms with Crippen LogP contribution in [0.3, 0.4) is 0 Å². The van der Waals surface area contributed by atoms with E-state index in [2.05, 4.69) is 22.6 Å². The Labute approximate surface area is 275 Å². The highest BCUT2D eigenvalue weighted by Crippen LogP contribution is 2.15. The van der Waals surface area contributed by atoms with E-state index in [0.29, 0.717) is 18.0 Å². The van der Waals surface area contributed by atoms with Crippen molar-refractivity contribution < 1.29 is 29.0 Å². The Morgan fingerprint density at radius 3 is 1.52 bits per heavy atom. The normalized spacial score (nSPS) is 10.2. The molecule has 13 heteroatoms. The summed E-state index contributed by atoms with van der Waals surface area (Å²) in [5.41, 5.74) is 0. The Balaban J connectivity index is 0.000000571. The molecule has 3 rings (SSSR count). The molecule has 0 unspecified atom stereocenters. The number of aliphatic hydroxyl groups excluding tert-OH is 1. The van der Waals surface area contributed by atoms with Crippen LogP contribution in [0.5, 0.6) is 0 Å². The third-order valence-corrected chi connectivity index (χ3v) is 8.33. The van der Waals surface area contributed by atoms with Gasteiger partial charge in [0.1, 0.15) is 0 Å². The first-order chi connectivity index (χ1) is 21.0. The fraction of sp³-hybridized carbons (Fsp3) is 0.516. The molecule has 3 heterocycles. The largest absolute Gasteiger partial charge is 0.395 e. The van der Waals surface area contributed by atoms with Gasteiger partial charge in [-0.25, -0.2) is 0 Å². The summed E-state index contributed by atoms with van der Waals surface area (Å²) >= 11 is 4.50. The van der Waals surface area contributed by atoms with Gasteiger partial charge in [-0.3, -0.25) is 14.4 Å². The number of nitrogens with zero attached hydrogens (tertiary/aromatic N) is 2. The maximum absolute atomic E-state index is 11.5. The highest BCUT2D eigenvalue weighted by atomic mass is 32.1. The van der Waals surface area contributed by atoms with Crippen LogP contribution >= 0.6 is 34.0 Å². The summed E-state index contributed by atoms with van der Waals surface area (Å²) in [6, 6.07) is 11.3. The van der Waals surface area contributed by atoms with Gasteiger partial charge in [0.25, 0.3) is 11.8 Å². The topological polar surface area (TPSA) is 120 Å². The van der Waals surface area contributed by atoms with Crippen LogP contribution in [0.2, 0.25) is 0 Å². The second-order valence-electron chi connectivity index (χ2n) is 9.71. The van der Waals surface area contributed by atoms with Crippen LogP contribution in [0, 0.1) is 20.8 Å². The fourth-order valence-electron chi connectivity index (χ4n) is 2.97. The van der Waals surface area contributed by atoms with E-state index in [-0.39, 0.29) is 18.4 Å². The molecule has 0 saturated heterocycles. The lowest BCUT2D eigenvalue weighted by Gasteiger charge is -2.14. The molecule has 3 aromatic heterocycles. The Morgan fingerprint density at radius 1 is 0.750 bits per heavy atom. The smallest absolute Gasteiger partial charge is 0.261 e. The minimum absolute atomic E-state index is 0.0178. The van der Waals surface area contributed by atoms with Gasteiger partial charge in [-0.15, -0.1) is 34.0 Å². The molecule has 248 valence electrons. The summed E-state index contributed by atoms with van der Waals surface area (Å²) < 4.78 is 9.82. The Kier molecular flexibility index (Phi) is 24.3. The number of hydrogen-bond acceptors (Lipinski definition) is 11. The molecule has 0 bridgehead atoms. The number of carbonyl (C=O) groups excluding carboxylic acids is 3. The number of methoxy groups -OCH3 is 2. The molecule has 0 spiro atoms. The van der Waals surface area contributed by atoms with Crippen molar-refractivity contribution in [2.45, 2.75) is 20.8 Å². The summed E-state index contributed by atoms with van der Waals surface area (Å²) in [5, 5.41) is 13.9. The zero-order valence-corrected chi connectivity index (χ0v) is 29.8. The van der Waals surface area contributed by atoms with Crippen LogP contribution in [-0.2, 0) is 9.47 Å². The standard InChI is InChI=1S/C10H16N2OS.C8H11NO2S.C7H17NO2.C6H6OS/c1-8-4-5-9(14-8)10(13)11-6-7-12(2)3;1-6-2-3-7(12-6)8(11)9-4-5-10;1-8(4-6-9-2)5-7-10-3;1-5-2-3-6(4-7)8-5/h4-5H,6-7H2,1-3H3,(H,11,13);2-3,10H,4-5H2,1H3,(H,9,11);4-7H2,1-3H3;2-4H,1H3. The third-order valence-electron chi connectivity index (χ3n) is 5.40. The molecule has 0 atom stereocenters. The van der Waals surface area contributed by atoms with E-state index >= 15 is 0 Å². The number of nitrogens with one attached hydrogen (secondary N) is 2. The SMILES string of the molecule is COCCN(C)CCOC.Cc1ccc(C(=O)NCCN(C)C)s1.Cc1ccc(C(=O)NCCO)s1.Cc1ccc(C=O)s1. The van der Waals surface area contributed by atoms with Crippen LogP contribution in [-0.4, -0.2) is 121 Å². The van der Waals surface area contributed by atoms with E-state index in [4.69, 9.17) is 14.6 Å². The van der Waals surface area contributed by atoms with Gasteiger partial charge >= 0.3 is 0 Å². The molecular formula is C31H50N4O6S3. The molecule has 0 aliphatic heterocycles. The molecule has 0 radical (unpaired) electrons. The lowest BCUT2D eigenvalue weighted by molar-refractivity contribution is 0.0943. The van der Waals surface area contributed by atoms with Crippen molar-refractivity contribution in [2.24, 2.45) is 0 Å². The van der Waals surface area contributed by atoms with E-state index in [1.54, 1.807) is 20.3 Å². The first-order valence-electron chi connectivity index (χ1n) is 14.1. The average molecular weight is 671 g/mol. The molecule has 2 amide bonds. The fourth-order valence-corrected chi connectivity index (χ4v) is 5.23. The average Bonchev–Trinajstić information content (AvgIpc) is 3.75. The first kappa shape index (κ1) is 41.5. The number of likely N-dealkylation sites (N-methyl/N-ethyl adjacent to an activating group) is 2. The van der Waals surface area contributed by atoms with Gasteiger partial charge in [0.05, 0.1) is 34.5 Å². The molecule has 44 heavy (non-hydrogen) atoms. The number of aryl methyl sites for hydroxylation is 3. The van der Waals surface area contributed by atoms with Crippen LogP contribution in [0.25, 0.3) is 0 Å². The number of ether oxygens (including phenoxy) is 2. The maximum atomic E-state index is 11.5. The second kappa shape index (κ2) is 25.8. The third kappa shape index (κ3) is 21.3. The van der Waals surface area contributed by atoms with Gasteiger partial charge in [0.15, 0.2) is 6.29 Å². The van der Waals surface area contributed by atoms with Crippen molar-refractivity contribution in [3.05, 3.63) is 65.7 Å². The number of rotatable bonds is 14. The van der Waals surface area contributed by atoms with Gasteiger partial charge in [-0.1, -0.05) is 0 Å². The van der Waals surface area contributed by atoms with Crippen LogP contribution < -0.4 is 10.6 Å². The van der Waals surface area contributed by atoms with Crippen LogP contribution in [0.4, 0.5) is 0 Å². The van der Waals surface area contributed by atoms with E-state index in [9.17, 15) is 14.4 Å². The van der Waals surface area contributed by atoms with Crippen LogP contribution in [0.15, 0.2) is 36.4 Å². The first-order valence-corrected chi connectivity index (χ1v) is 16.5. The number of hydrogen-bond donors (Lipinski definition) is 3.